The van der Waals surface area contributed by atoms with Crippen LogP contribution in [0.25, 0.3) is 0 Å². The van der Waals surface area contributed by atoms with Crippen molar-refractivity contribution in [1.29, 1.82) is 0 Å². The minimum atomic E-state index is 0.494. The Morgan fingerprint density at radius 3 is 2.48 bits per heavy atom. The minimum Gasteiger partial charge on any atom is -0.383 e. The van der Waals surface area contributed by atoms with Crippen molar-refractivity contribution in [2.24, 2.45) is 0 Å². The van der Waals surface area contributed by atoms with Crippen molar-refractivity contribution in [2.75, 3.05) is 53.0 Å². The average molecular weight is 291 g/mol. The Hall–Kier alpha value is -0.940. The first-order valence-corrected chi connectivity index (χ1v) is 8.03. The van der Waals surface area contributed by atoms with Crippen LogP contribution in [-0.2, 0) is 11.3 Å². The molecule has 1 N–H and O–H groups in total. The third-order valence-electron chi connectivity index (χ3n) is 4.16. The van der Waals surface area contributed by atoms with Crippen molar-refractivity contribution in [3.05, 3.63) is 35.9 Å². The van der Waals surface area contributed by atoms with Gasteiger partial charge in [0.25, 0.3) is 0 Å². The number of piperazine rings is 1. The van der Waals surface area contributed by atoms with Gasteiger partial charge >= 0.3 is 0 Å². The van der Waals surface area contributed by atoms with Gasteiger partial charge < -0.3 is 10.1 Å². The van der Waals surface area contributed by atoms with Crippen LogP contribution in [0.4, 0.5) is 0 Å². The van der Waals surface area contributed by atoms with E-state index in [0.29, 0.717) is 6.04 Å². The van der Waals surface area contributed by atoms with Crippen LogP contribution in [-0.4, -0.2) is 68.8 Å². The summed E-state index contributed by atoms with van der Waals surface area (Å²) in [7, 11) is 1.80. The Bertz CT molecular complexity index is 377. The second-order valence-corrected chi connectivity index (χ2v) is 5.71. The van der Waals surface area contributed by atoms with E-state index in [1.54, 1.807) is 7.11 Å². The summed E-state index contributed by atoms with van der Waals surface area (Å²) in [5.74, 6) is 0. The van der Waals surface area contributed by atoms with Gasteiger partial charge in [-0.05, 0) is 12.1 Å². The van der Waals surface area contributed by atoms with Gasteiger partial charge in [-0.25, -0.2) is 0 Å². The van der Waals surface area contributed by atoms with Crippen molar-refractivity contribution < 1.29 is 4.74 Å². The zero-order valence-electron chi connectivity index (χ0n) is 13.4. The average Bonchev–Trinajstić information content (AvgIpc) is 2.53. The number of hydrogen-bond acceptors (Lipinski definition) is 4. The second kappa shape index (κ2) is 9.15. The lowest BCUT2D eigenvalue weighted by Crippen LogP contribution is -2.54. The van der Waals surface area contributed by atoms with Crippen molar-refractivity contribution in [1.82, 2.24) is 15.1 Å². The third kappa shape index (κ3) is 5.40. The van der Waals surface area contributed by atoms with Crippen molar-refractivity contribution in [2.45, 2.75) is 19.5 Å². The molecule has 4 heteroatoms. The van der Waals surface area contributed by atoms with Gasteiger partial charge in [-0.3, -0.25) is 9.80 Å². The van der Waals surface area contributed by atoms with Gasteiger partial charge in [0, 0.05) is 52.4 Å². The summed E-state index contributed by atoms with van der Waals surface area (Å²) in [6, 6.07) is 11.2. The SMILES string of the molecule is CCNCC(COC)N1CCN(Cc2ccccc2)CC1. The molecule has 1 aromatic carbocycles. The fourth-order valence-corrected chi connectivity index (χ4v) is 2.92. The molecule has 2 rings (SSSR count). The van der Waals surface area contributed by atoms with Crippen molar-refractivity contribution >= 4 is 0 Å². The van der Waals surface area contributed by atoms with Crippen LogP contribution in [0.3, 0.4) is 0 Å². The lowest BCUT2D eigenvalue weighted by atomic mass is 10.1. The van der Waals surface area contributed by atoms with Crippen LogP contribution >= 0.6 is 0 Å². The molecule has 0 aliphatic carbocycles. The van der Waals surface area contributed by atoms with E-state index in [1.807, 2.05) is 0 Å². The number of hydrogen-bond donors (Lipinski definition) is 1. The van der Waals surface area contributed by atoms with E-state index < -0.39 is 0 Å². The van der Waals surface area contributed by atoms with Gasteiger partial charge in [0.05, 0.1) is 6.61 Å². The summed E-state index contributed by atoms with van der Waals surface area (Å²) < 4.78 is 5.38. The number of rotatable bonds is 8. The molecule has 4 nitrogen and oxygen atoms in total. The molecule has 0 aromatic heterocycles. The highest BCUT2D eigenvalue weighted by molar-refractivity contribution is 5.14. The quantitative estimate of drug-likeness (QED) is 0.784. The molecule has 0 saturated carbocycles. The Kier molecular flexibility index (Phi) is 7.16. The summed E-state index contributed by atoms with van der Waals surface area (Å²) in [5, 5.41) is 3.45. The molecule has 1 unspecified atom stereocenters. The molecule has 1 aliphatic rings. The molecule has 1 aliphatic heterocycles. The van der Waals surface area contributed by atoms with E-state index in [-0.39, 0.29) is 0 Å². The molecule has 1 heterocycles. The molecule has 1 fully saturated rings. The zero-order chi connectivity index (χ0) is 14.9. The van der Waals surface area contributed by atoms with E-state index in [9.17, 15) is 0 Å². The lowest BCUT2D eigenvalue weighted by Gasteiger charge is -2.39. The minimum absolute atomic E-state index is 0.494. The summed E-state index contributed by atoms with van der Waals surface area (Å²) in [5.41, 5.74) is 1.41. The Labute approximate surface area is 129 Å². The Balaban J connectivity index is 1.78. The molecule has 0 radical (unpaired) electrons. The van der Waals surface area contributed by atoms with Crippen LogP contribution in [0.15, 0.2) is 30.3 Å². The van der Waals surface area contributed by atoms with Crippen LogP contribution in [0, 0.1) is 0 Å². The van der Waals surface area contributed by atoms with Crippen LogP contribution in [0.1, 0.15) is 12.5 Å². The predicted octanol–water partition coefficient (Wildman–Crippen LogP) is 1.43. The zero-order valence-corrected chi connectivity index (χ0v) is 13.4. The molecular formula is C17H29N3O. The highest BCUT2D eigenvalue weighted by Crippen LogP contribution is 2.10. The van der Waals surface area contributed by atoms with Gasteiger partial charge in [-0.2, -0.15) is 0 Å². The summed E-state index contributed by atoms with van der Waals surface area (Å²) in [6.45, 7) is 10.6. The summed E-state index contributed by atoms with van der Waals surface area (Å²) in [6.07, 6.45) is 0. The van der Waals surface area contributed by atoms with Crippen molar-refractivity contribution in [3.8, 4) is 0 Å². The largest absolute Gasteiger partial charge is 0.383 e. The molecule has 1 aromatic rings. The second-order valence-electron chi connectivity index (χ2n) is 5.71. The standard InChI is InChI=1S/C17H29N3O/c1-3-18-13-17(15-21-2)20-11-9-19(10-12-20)14-16-7-5-4-6-8-16/h4-8,17-18H,3,9-15H2,1-2H3. The molecule has 0 amide bonds. The molecule has 1 saturated heterocycles. The predicted molar refractivity (Wildman–Crippen MR) is 87.5 cm³/mol. The molecule has 21 heavy (non-hydrogen) atoms. The number of methoxy groups -OCH3 is 1. The summed E-state index contributed by atoms with van der Waals surface area (Å²) in [4.78, 5) is 5.11. The molecule has 118 valence electrons. The fourth-order valence-electron chi connectivity index (χ4n) is 2.92. The molecule has 1 atom stereocenters. The normalized spacial score (nSPS) is 18.8. The highest BCUT2D eigenvalue weighted by Gasteiger charge is 2.23. The number of likely N-dealkylation sites (N-methyl/N-ethyl adjacent to an activating group) is 1. The van der Waals surface area contributed by atoms with Crippen LogP contribution < -0.4 is 5.32 Å². The maximum atomic E-state index is 5.38. The van der Waals surface area contributed by atoms with Gasteiger partial charge in [-0.1, -0.05) is 37.3 Å². The van der Waals surface area contributed by atoms with E-state index in [2.05, 4.69) is 52.4 Å². The lowest BCUT2D eigenvalue weighted by molar-refractivity contribution is 0.0475. The highest BCUT2D eigenvalue weighted by atomic mass is 16.5. The number of benzene rings is 1. The van der Waals surface area contributed by atoms with Gasteiger partial charge in [0.2, 0.25) is 0 Å². The maximum absolute atomic E-state index is 5.38. The first kappa shape index (κ1) is 16.4. The Morgan fingerprint density at radius 1 is 1.14 bits per heavy atom. The monoisotopic (exact) mass is 291 g/mol. The van der Waals surface area contributed by atoms with Crippen LogP contribution in [0.2, 0.25) is 0 Å². The van der Waals surface area contributed by atoms with Crippen LogP contribution in [0.5, 0.6) is 0 Å². The van der Waals surface area contributed by atoms with Crippen molar-refractivity contribution in [3.63, 3.8) is 0 Å². The van der Waals surface area contributed by atoms with E-state index in [0.717, 1.165) is 52.4 Å². The molecular weight excluding hydrogens is 262 g/mol. The van der Waals surface area contributed by atoms with E-state index >= 15 is 0 Å². The fraction of sp³-hybridized carbons (Fsp3) is 0.647. The maximum Gasteiger partial charge on any atom is 0.0630 e. The first-order valence-electron chi connectivity index (χ1n) is 8.03. The third-order valence-corrected chi connectivity index (χ3v) is 4.16. The van der Waals surface area contributed by atoms with Gasteiger partial charge in [0.1, 0.15) is 0 Å². The smallest absolute Gasteiger partial charge is 0.0630 e. The Morgan fingerprint density at radius 2 is 1.86 bits per heavy atom. The number of nitrogens with zero attached hydrogens (tertiary/aromatic N) is 2. The van der Waals surface area contributed by atoms with E-state index in [4.69, 9.17) is 4.74 Å². The first-order chi connectivity index (χ1) is 10.3. The number of nitrogens with one attached hydrogen (secondary N) is 1. The van der Waals surface area contributed by atoms with Gasteiger partial charge in [-0.15, -0.1) is 0 Å². The van der Waals surface area contributed by atoms with Gasteiger partial charge in [0.15, 0.2) is 0 Å². The number of ether oxygens (including phenoxy) is 1. The molecule has 0 spiro atoms. The van der Waals surface area contributed by atoms with E-state index in [1.165, 1.54) is 5.56 Å². The molecule has 0 bridgehead atoms. The topological polar surface area (TPSA) is 27.7 Å². The summed E-state index contributed by atoms with van der Waals surface area (Å²) >= 11 is 0.